The van der Waals surface area contributed by atoms with Crippen LogP contribution in [0.2, 0.25) is 0 Å². The molecule has 3 rings (SSSR count). The molecular weight excluding hydrogens is 400 g/mol. The Morgan fingerprint density at radius 2 is 1.47 bits per heavy atom. The van der Waals surface area contributed by atoms with Gasteiger partial charge in [-0.25, -0.2) is 0 Å². The molecule has 1 fully saturated rings. The monoisotopic (exact) mass is 434 g/mol. The van der Waals surface area contributed by atoms with Crippen molar-refractivity contribution >= 4 is 5.69 Å². The third-order valence-corrected chi connectivity index (χ3v) is 5.95. The third-order valence-electron chi connectivity index (χ3n) is 5.95. The van der Waals surface area contributed by atoms with Crippen molar-refractivity contribution in [2.75, 3.05) is 59.0 Å². The summed E-state index contributed by atoms with van der Waals surface area (Å²) in [6.07, 6.45) is 2.16. The van der Waals surface area contributed by atoms with E-state index in [9.17, 15) is 0 Å². The molecule has 0 spiro atoms. The maximum atomic E-state index is 5.47. The second kappa shape index (κ2) is 11.3. The van der Waals surface area contributed by atoms with Crippen LogP contribution in [-0.4, -0.2) is 54.1 Å². The highest BCUT2D eigenvalue weighted by Crippen LogP contribution is 2.38. The Kier molecular flexibility index (Phi) is 9.12. The summed E-state index contributed by atoms with van der Waals surface area (Å²) in [5.41, 5.74) is 5.43. The van der Waals surface area contributed by atoms with Gasteiger partial charge in [0.2, 0.25) is 5.75 Å². The molecule has 0 bridgehead atoms. The van der Waals surface area contributed by atoms with Gasteiger partial charge in [0.15, 0.2) is 11.5 Å². The Hall–Kier alpha value is -2.11. The second-order valence-corrected chi connectivity index (χ2v) is 7.86. The number of rotatable bonds is 8. The summed E-state index contributed by atoms with van der Waals surface area (Å²) in [4.78, 5) is 4.26. The average molecular weight is 435 g/mol. The number of nitrogens with zero attached hydrogens (tertiary/aromatic N) is 1. The highest BCUT2D eigenvalue weighted by Gasteiger charge is 2.22. The Bertz CT molecular complexity index is 775. The van der Waals surface area contributed by atoms with E-state index in [-0.39, 0.29) is 12.4 Å². The van der Waals surface area contributed by atoms with E-state index < -0.39 is 0 Å². The third kappa shape index (κ3) is 5.52. The first kappa shape index (κ1) is 24.2. The van der Waals surface area contributed by atoms with Crippen molar-refractivity contribution in [3.05, 3.63) is 47.0 Å². The zero-order valence-corrected chi connectivity index (χ0v) is 19.6. The van der Waals surface area contributed by atoms with Gasteiger partial charge in [0.25, 0.3) is 0 Å². The summed E-state index contributed by atoms with van der Waals surface area (Å²) in [5.74, 6) is 2.12. The SMILES string of the molecule is COc1cc(CCC[NH+]2CCN(c3c(C)cccc3C)CC2)cc(OC)c1OC.[Cl-]. The molecule has 1 heterocycles. The van der Waals surface area contributed by atoms with Crippen molar-refractivity contribution in [1.82, 2.24) is 0 Å². The molecule has 0 saturated carbocycles. The van der Waals surface area contributed by atoms with Gasteiger partial charge in [0, 0.05) is 12.1 Å². The highest BCUT2D eigenvalue weighted by atomic mass is 35.5. The molecule has 5 nitrogen and oxygen atoms in total. The topological polar surface area (TPSA) is 35.4 Å². The Morgan fingerprint density at radius 3 is 1.97 bits per heavy atom. The number of anilines is 1. The van der Waals surface area contributed by atoms with Gasteiger partial charge in [-0.15, -0.1) is 0 Å². The molecule has 1 saturated heterocycles. The number of methoxy groups -OCH3 is 3. The molecule has 1 aliphatic rings. The predicted octanol–water partition coefficient (Wildman–Crippen LogP) is -0.329. The highest BCUT2D eigenvalue weighted by molar-refractivity contribution is 5.59. The van der Waals surface area contributed by atoms with Gasteiger partial charge < -0.3 is 36.4 Å². The quantitative estimate of drug-likeness (QED) is 0.617. The largest absolute Gasteiger partial charge is 1.00 e. The lowest BCUT2D eigenvalue weighted by Gasteiger charge is -2.35. The smallest absolute Gasteiger partial charge is 0.203 e. The van der Waals surface area contributed by atoms with Crippen LogP contribution in [0.15, 0.2) is 30.3 Å². The Morgan fingerprint density at radius 1 is 0.900 bits per heavy atom. The van der Waals surface area contributed by atoms with Crippen molar-refractivity contribution in [3.63, 3.8) is 0 Å². The average Bonchev–Trinajstić information content (AvgIpc) is 2.74. The number of aryl methyl sites for hydroxylation is 3. The van der Waals surface area contributed by atoms with Gasteiger partial charge in [-0.05, 0) is 49.1 Å². The molecule has 6 heteroatoms. The van der Waals surface area contributed by atoms with Crippen LogP contribution in [0.1, 0.15) is 23.1 Å². The summed E-state index contributed by atoms with van der Waals surface area (Å²) >= 11 is 0. The van der Waals surface area contributed by atoms with Crippen molar-refractivity contribution in [1.29, 1.82) is 0 Å². The fourth-order valence-corrected chi connectivity index (χ4v) is 4.42. The summed E-state index contributed by atoms with van der Waals surface area (Å²) in [7, 11) is 4.98. The summed E-state index contributed by atoms with van der Waals surface area (Å²) in [5, 5.41) is 0. The Balaban J connectivity index is 0.00000320. The first-order valence-corrected chi connectivity index (χ1v) is 10.5. The maximum Gasteiger partial charge on any atom is 0.203 e. The number of piperazine rings is 1. The molecule has 0 radical (unpaired) electrons. The molecule has 0 aliphatic carbocycles. The van der Waals surface area contributed by atoms with E-state index in [0.717, 1.165) is 37.4 Å². The molecule has 0 amide bonds. The van der Waals surface area contributed by atoms with Gasteiger partial charge in [-0.1, -0.05) is 18.2 Å². The summed E-state index contributed by atoms with van der Waals surface area (Å²) in [6, 6.07) is 10.7. The molecule has 0 aromatic heterocycles. The summed E-state index contributed by atoms with van der Waals surface area (Å²) in [6.45, 7) is 10.3. The number of ether oxygens (including phenoxy) is 3. The van der Waals surface area contributed by atoms with Crippen LogP contribution in [0.25, 0.3) is 0 Å². The van der Waals surface area contributed by atoms with Crippen LogP contribution in [0.3, 0.4) is 0 Å². The van der Waals surface area contributed by atoms with E-state index >= 15 is 0 Å². The normalized spacial score (nSPS) is 14.2. The maximum absolute atomic E-state index is 5.47. The van der Waals surface area contributed by atoms with E-state index in [1.807, 2.05) is 0 Å². The lowest BCUT2D eigenvalue weighted by Crippen LogP contribution is -3.14. The van der Waals surface area contributed by atoms with Crippen molar-refractivity contribution < 1.29 is 31.5 Å². The van der Waals surface area contributed by atoms with Crippen LogP contribution in [-0.2, 0) is 6.42 Å². The zero-order valence-electron chi connectivity index (χ0n) is 18.9. The first-order valence-electron chi connectivity index (χ1n) is 10.5. The molecule has 1 aliphatic heterocycles. The van der Waals surface area contributed by atoms with Crippen molar-refractivity contribution in [2.45, 2.75) is 26.7 Å². The molecule has 0 unspecified atom stereocenters. The minimum Gasteiger partial charge on any atom is -1.00 e. The van der Waals surface area contributed by atoms with Gasteiger partial charge >= 0.3 is 0 Å². The first-order chi connectivity index (χ1) is 14.1. The van der Waals surface area contributed by atoms with Gasteiger partial charge in [-0.2, -0.15) is 0 Å². The number of hydrogen-bond acceptors (Lipinski definition) is 4. The number of nitrogens with one attached hydrogen (secondary N) is 1. The number of hydrogen-bond donors (Lipinski definition) is 1. The van der Waals surface area contributed by atoms with E-state index in [0.29, 0.717) is 5.75 Å². The molecule has 2 aromatic rings. The Labute approximate surface area is 187 Å². The van der Waals surface area contributed by atoms with E-state index in [4.69, 9.17) is 14.2 Å². The summed E-state index contributed by atoms with van der Waals surface area (Å²) < 4.78 is 16.4. The molecule has 1 N–H and O–H groups in total. The van der Waals surface area contributed by atoms with Crippen LogP contribution in [0.4, 0.5) is 5.69 Å². The minimum atomic E-state index is 0. The van der Waals surface area contributed by atoms with Gasteiger partial charge in [-0.3, -0.25) is 0 Å². The molecule has 0 atom stereocenters. The van der Waals surface area contributed by atoms with Gasteiger partial charge in [0.1, 0.15) is 0 Å². The molecule has 166 valence electrons. The molecule has 30 heavy (non-hydrogen) atoms. The fraction of sp³-hybridized carbons (Fsp3) is 0.500. The van der Waals surface area contributed by atoms with Crippen molar-refractivity contribution in [3.8, 4) is 17.2 Å². The van der Waals surface area contributed by atoms with E-state index in [1.165, 1.54) is 42.0 Å². The van der Waals surface area contributed by atoms with Crippen LogP contribution < -0.4 is 36.4 Å². The fourth-order valence-electron chi connectivity index (χ4n) is 4.42. The van der Waals surface area contributed by atoms with E-state index in [1.54, 1.807) is 26.2 Å². The number of quaternary nitrogens is 1. The van der Waals surface area contributed by atoms with Crippen LogP contribution >= 0.6 is 0 Å². The number of halogens is 1. The molecular formula is C24H35ClN2O3. The predicted molar refractivity (Wildman–Crippen MR) is 118 cm³/mol. The zero-order chi connectivity index (χ0) is 20.8. The minimum absolute atomic E-state index is 0. The number of benzene rings is 2. The van der Waals surface area contributed by atoms with Crippen molar-refractivity contribution in [2.24, 2.45) is 0 Å². The lowest BCUT2D eigenvalue weighted by molar-refractivity contribution is -0.900. The van der Waals surface area contributed by atoms with Crippen LogP contribution in [0.5, 0.6) is 17.2 Å². The molecule has 2 aromatic carbocycles. The van der Waals surface area contributed by atoms with E-state index in [2.05, 4.69) is 49.1 Å². The second-order valence-electron chi connectivity index (χ2n) is 7.86. The standard InChI is InChI=1S/C24H34N2O3.ClH/c1-18-8-6-9-19(2)23(18)26-14-12-25(13-15-26)11-7-10-20-16-21(27-3)24(29-5)22(17-20)28-4;/h6,8-9,16-17H,7,10-15H2,1-5H3;1H. The van der Waals surface area contributed by atoms with Crippen LogP contribution in [0, 0.1) is 13.8 Å². The number of para-hydroxylation sites is 1. The lowest BCUT2D eigenvalue weighted by atomic mass is 10.1. The van der Waals surface area contributed by atoms with Gasteiger partial charge in [0.05, 0.1) is 54.1 Å².